The smallest absolute Gasteiger partial charge is 0.153 e. The molecule has 0 amide bonds. The van der Waals surface area contributed by atoms with Gasteiger partial charge in [-0.05, 0) is 42.7 Å². The van der Waals surface area contributed by atoms with Gasteiger partial charge in [0.25, 0.3) is 0 Å². The molecule has 0 heterocycles. The van der Waals surface area contributed by atoms with Crippen LogP contribution in [0.5, 0.6) is 5.75 Å². The highest BCUT2D eigenvalue weighted by atomic mass is 16.3. The fraction of sp³-hybridized carbons (Fsp3) is 0.133. The summed E-state index contributed by atoms with van der Waals surface area (Å²) in [6.07, 6.45) is 0.671. The van der Waals surface area contributed by atoms with Crippen LogP contribution < -0.4 is 0 Å². The van der Waals surface area contributed by atoms with E-state index in [1.54, 1.807) is 12.1 Å². The van der Waals surface area contributed by atoms with Crippen LogP contribution in [0.1, 0.15) is 21.5 Å². The van der Waals surface area contributed by atoms with Crippen molar-refractivity contribution in [3.63, 3.8) is 0 Å². The zero-order valence-corrected chi connectivity index (χ0v) is 9.90. The third-order valence-electron chi connectivity index (χ3n) is 2.86. The summed E-state index contributed by atoms with van der Waals surface area (Å²) in [6, 6.07) is 11.3. The number of hydrogen-bond acceptors (Lipinski definition) is 2. The molecule has 1 N–H and O–H groups in total. The van der Waals surface area contributed by atoms with E-state index in [2.05, 4.69) is 18.2 Å². The normalized spacial score (nSPS) is 10.2. The van der Waals surface area contributed by atoms with Crippen molar-refractivity contribution in [1.29, 1.82) is 0 Å². The summed E-state index contributed by atoms with van der Waals surface area (Å²) in [4.78, 5) is 10.8. The van der Waals surface area contributed by atoms with Gasteiger partial charge in [0.2, 0.25) is 0 Å². The molecule has 2 aromatic carbocycles. The van der Waals surface area contributed by atoms with Crippen LogP contribution in [-0.4, -0.2) is 11.4 Å². The first kappa shape index (κ1) is 11.4. The Morgan fingerprint density at radius 1 is 1.06 bits per heavy atom. The van der Waals surface area contributed by atoms with E-state index >= 15 is 0 Å². The van der Waals surface area contributed by atoms with Gasteiger partial charge in [0.1, 0.15) is 5.75 Å². The molecule has 0 unspecified atom stereocenters. The lowest BCUT2D eigenvalue weighted by atomic mass is 9.97. The molecule has 0 aliphatic heterocycles. The number of phenols is 1. The van der Waals surface area contributed by atoms with E-state index < -0.39 is 0 Å². The Hall–Kier alpha value is -2.09. The first-order valence-electron chi connectivity index (χ1n) is 5.47. The summed E-state index contributed by atoms with van der Waals surface area (Å²) < 4.78 is 0. The number of phenolic OH excluding ortho intramolecular Hbond substituents is 1. The summed E-state index contributed by atoms with van der Waals surface area (Å²) in [5.41, 5.74) is 4.69. The van der Waals surface area contributed by atoms with Crippen molar-refractivity contribution >= 4 is 6.29 Å². The van der Waals surface area contributed by atoms with Gasteiger partial charge >= 0.3 is 0 Å². The topological polar surface area (TPSA) is 37.3 Å². The molecule has 0 aliphatic rings. The lowest BCUT2D eigenvalue weighted by molar-refractivity contribution is 0.112. The quantitative estimate of drug-likeness (QED) is 0.796. The molecule has 17 heavy (non-hydrogen) atoms. The van der Waals surface area contributed by atoms with Crippen molar-refractivity contribution in [3.8, 4) is 16.9 Å². The van der Waals surface area contributed by atoms with Crippen molar-refractivity contribution in [2.75, 3.05) is 0 Å². The molecule has 86 valence electrons. The van der Waals surface area contributed by atoms with E-state index in [4.69, 9.17) is 0 Å². The predicted octanol–water partition coefficient (Wildman–Crippen LogP) is 3.49. The number of aromatic hydroxyl groups is 1. The molecule has 0 saturated heterocycles. The van der Waals surface area contributed by atoms with E-state index in [1.807, 2.05) is 19.9 Å². The van der Waals surface area contributed by atoms with Crippen LogP contribution >= 0.6 is 0 Å². The van der Waals surface area contributed by atoms with E-state index in [0.717, 1.165) is 16.7 Å². The number of carbonyl (C=O) groups excluding carboxylic acids is 1. The molecule has 0 aromatic heterocycles. The van der Waals surface area contributed by atoms with Crippen molar-refractivity contribution < 1.29 is 9.90 Å². The summed E-state index contributed by atoms with van der Waals surface area (Å²) in [5, 5.41) is 9.47. The van der Waals surface area contributed by atoms with Crippen LogP contribution in [0.25, 0.3) is 11.1 Å². The molecule has 0 saturated carbocycles. The summed E-state index contributed by atoms with van der Waals surface area (Å²) in [6.45, 7) is 4.06. The summed E-state index contributed by atoms with van der Waals surface area (Å²) in [7, 11) is 0. The van der Waals surface area contributed by atoms with Gasteiger partial charge in [-0.3, -0.25) is 4.79 Å². The maximum atomic E-state index is 10.8. The van der Waals surface area contributed by atoms with Crippen molar-refractivity contribution in [1.82, 2.24) is 0 Å². The van der Waals surface area contributed by atoms with Gasteiger partial charge in [-0.2, -0.15) is 0 Å². The molecule has 0 atom stereocenters. The molecule has 2 aromatic rings. The van der Waals surface area contributed by atoms with E-state index in [9.17, 15) is 9.90 Å². The van der Waals surface area contributed by atoms with Crippen molar-refractivity contribution in [2.24, 2.45) is 0 Å². The predicted molar refractivity (Wildman–Crippen MR) is 68.4 cm³/mol. The zero-order valence-electron chi connectivity index (χ0n) is 9.90. The number of rotatable bonds is 2. The Kier molecular flexibility index (Phi) is 2.96. The highest BCUT2D eigenvalue weighted by molar-refractivity contribution is 5.83. The van der Waals surface area contributed by atoms with E-state index in [1.165, 1.54) is 5.56 Å². The second-order valence-electron chi connectivity index (χ2n) is 4.21. The second-order valence-corrected chi connectivity index (χ2v) is 4.21. The van der Waals surface area contributed by atoms with Gasteiger partial charge in [0.05, 0.1) is 5.56 Å². The van der Waals surface area contributed by atoms with Crippen LogP contribution in [-0.2, 0) is 0 Å². The number of aldehydes is 1. The van der Waals surface area contributed by atoms with Gasteiger partial charge in [0.15, 0.2) is 6.29 Å². The minimum Gasteiger partial charge on any atom is -0.507 e. The largest absolute Gasteiger partial charge is 0.507 e. The van der Waals surface area contributed by atoms with Gasteiger partial charge in [-0.15, -0.1) is 0 Å². The lowest BCUT2D eigenvalue weighted by Crippen LogP contribution is -1.88. The maximum absolute atomic E-state index is 10.8. The molecular weight excluding hydrogens is 212 g/mol. The average molecular weight is 226 g/mol. The van der Waals surface area contributed by atoms with Crippen LogP contribution in [0.2, 0.25) is 0 Å². The zero-order chi connectivity index (χ0) is 12.4. The maximum Gasteiger partial charge on any atom is 0.153 e. The Morgan fingerprint density at radius 3 is 2.53 bits per heavy atom. The first-order valence-corrected chi connectivity index (χ1v) is 5.47. The summed E-state index contributed by atoms with van der Waals surface area (Å²) >= 11 is 0. The molecule has 0 fully saturated rings. The highest BCUT2D eigenvalue weighted by Crippen LogP contribution is 2.28. The molecule has 2 heteroatoms. The minimum atomic E-state index is 0.0223. The van der Waals surface area contributed by atoms with Crippen LogP contribution in [0.4, 0.5) is 0 Å². The third kappa shape index (κ3) is 2.21. The highest BCUT2D eigenvalue weighted by Gasteiger charge is 2.06. The van der Waals surface area contributed by atoms with Crippen molar-refractivity contribution in [3.05, 3.63) is 53.1 Å². The molecule has 2 rings (SSSR count). The number of carbonyl (C=O) groups is 1. The van der Waals surface area contributed by atoms with Gasteiger partial charge in [-0.25, -0.2) is 0 Å². The second kappa shape index (κ2) is 4.42. The first-order chi connectivity index (χ1) is 8.11. The Balaban J connectivity index is 2.60. The molecule has 0 bridgehead atoms. The standard InChI is InChI=1S/C15H14O2/c1-10-3-4-11(2)14(7-10)12-5-6-15(17)13(8-12)9-16/h3-9,17H,1-2H3. The number of aryl methyl sites for hydroxylation is 2. The molecular formula is C15H14O2. The molecule has 2 nitrogen and oxygen atoms in total. The van der Waals surface area contributed by atoms with E-state index in [-0.39, 0.29) is 5.75 Å². The Bertz CT molecular complexity index is 571. The SMILES string of the molecule is Cc1ccc(C)c(-c2ccc(O)c(C=O)c2)c1. The Labute approximate surface area is 101 Å². The average Bonchev–Trinajstić information content (AvgIpc) is 2.33. The number of hydrogen-bond donors (Lipinski definition) is 1. The van der Waals surface area contributed by atoms with E-state index in [0.29, 0.717) is 11.8 Å². The van der Waals surface area contributed by atoms with Gasteiger partial charge in [0, 0.05) is 0 Å². The molecule has 0 spiro atoms. The molecule has 0 radical (unpaired) electrons. The fourth-order valence-corrected chi connectivity index (χ4v) is 1.86. The summed E-state index contributed by atoms with van der Waals surface area (Å²) in [5.74, 6) is 0.0223. The monoisotopic (exact) mass is 226 g/mol. The fourth-order valence-electron chi connectivity index (χ4n) is 1.86. The van der Waals surface area contributed by atoms with Crippen LogP contribution in [0.3, 0.4) is 0 Å². The third-order valence-corrected chi connectivity index (χ3v) is 2.86. The van der Waals surface area contributed by atoms with Crippen molar-refractivity contribution in [2.45, 2.75) is 13.8 Å². The van der Waals surface area contributed by atoms with Gasteiger partial charge in [-0.1, -0.05) is 29.8 Å². The van der Waals surface area contributed by atoms with Crippen LogP contribution in [0.15, 0.2) is 36.4 Å². The van der Waals surface area contributed by atoms with Gasteiger partial charge < -0.3 is 5.11 Å². The Morgan fingerprint density at radius 2 is 1.82 bits per heavy atom. The lowest BCUT2D eigenvalue weighted by Gasteiger charge is -2.08. The number of benzene rings is 2. The minimum absolute atomic E-state index is 0.0223. The van der Waals surface area contributed by atoms with Crippen LogP contribution in [0, 0.1) is 13.8 Å². The molecule has 0 aliphatic carbocycles.